The average molecular weight is 404 g/mol. The SMILES string of the molecule is OCCC[C@@H]1CN(Cc2nnc(-c3cccc(F)c3)o2)CC[C@@H]1N1CCOCC1. The summed E-state index contributed by atoms with van der Waals surface area (Å²) in [4.78, 5) is 4.90. The molecule has 3 heterocycles. The summed E-state index contributed by atoms with van der Waals surface area (Å²) in [5.41, 5.74) is 0.593. The lowest BCUT2D eigenvalue weighted by Gasteiger charge is -2.45. The Morgan fingerprint density at radius 3 is 2.83 bits per heavy atom. The van der Waals surface area contributed by atoms with Gasteiger partial charge in [0.2, 0.25) is 11.8 Å². The molecule has 7 nitrogen and oxygen atoms in total. The molecule has 29 heavy (non-hydrogen) atoms. The van der Waals surface area contributed by atoms with E-state index in [2.05, 4.69) is 20.0 Å². The van der Waals surface area contributed by atoms with Crippen LogP contribution in [0, 0.1) is 11.7 Å². The van der Waals surface area contributed by atoms with E-state index in [-0.39, 0.29) is 12.4 Å². The second-order valence-corrected chi connectivity index (χ2v) is 7.88. The minimum absolute atomic E-state index is 0.229. The van der Waals surface area contributed by atoms with Crippen LogP contribution in [0.15, 0.2) is 28.7 Å². The minimum Gasteiger partial charge on any atom is -0.419 e. The van der Waals surface area contributed by atoms with E-state index in [9.17, 15) is 9.50 Å². The predicted molar refractivity (Wildman–Crippen MR) is 106 cm³/mol. The van der Waals surface area contributed by atoms with Gasteiger partial charge in [-0.25, -0.2) is 4.39 Å². The number of benzene rings is 1. The molecule has 0 aliphatic carbocycles. The standard InChI is InChI=1S/C21H29FN4O3/c22-18-5-1-3-16(13-18)21-24-23-20(29-21)15-25-7-6-19(17(14-25)4-2-10-27)26-8-11-28-12-9-26/h1,3,5,13,17,19,27H,2,4,6-12,14-15H2/t17-,19+/m1/s1. The lowest BCUT2D eigenvalue weighted by Crippen LogP contribution is -2.53. The van der Waals surface area contributed by atoms with Gasteiger partial charge in [-0.15, -0.1) is 10.2 Å². The van der Waals surface area contributed by atoms with Crippen LogP contribution in [0.4, 0.5) is 4.39 Å². The van der Waals surface area contributed by atoms with Gasteiger partial charge in [0.1, 0.15) is 5.82 Å². The third-order valence-corrected chi connectivity index (χ3v) is 5.92. The van der Waals surface area contributed by atoms with Crippen LogP contribution in [0.3, 0.4) is 0 Å². The third-order valence-electron chi connectivity index (χ3n) is 5.92. The van der Waals surface area contributed by atoms with Crippen LogP contribution >= 0.6 is 0 Å². The Morgan fingerprint density at radius 1 is 1.17 bits per heavy atom. The fourth-order valence-corrected chi connectivity index (χ4v) is 4.51. The van der Waals surface area contributed by atoms with Crippen LogP contribution in [-0.2, 0) is 11.3 Å². The van der Waals surface area contributed by atoms with Crippen LogP contribution in [0.25, 0.3) is 11.5 Å². The molecule has 2 aromatic rings. The molecule has 158 valence electrons. The highest BCUT2D eigenvalue weighted by Crippen LogP contribution is 2.28. The molecule has 2 atom stereocenters. The highest BCUT2D eigenvalue weighted by Gasteiger charge is 2.34. The molecule has 0 bridgehead atoms. The zero-order chi connectivity index (χ0) is 20.1. The van der Waals surface area contributed by atoms with Gasteiger partial charge in [0.25, 0.3) is 0 Å². The molecule has 2 fully saturated rings. The predicted octanol–water partition coefficient (Wildman–Crippen LogP) is 2.17. The summed E-state index contributed by atoms with van der Waals surface area (Å²) in [6.45, 7) is 6.31. The highest BCUT2D eigenvalue weighted by atomic mass is 19.1. The highest BCUT2D eigenvalue weighted by molar-refractivity contribution is 5.52. The van der Waals surface area contributed by atoms with E-state index in [1.165, 1.54) is 12.1 Å². The van der Waals surface area contributed by atoms with E-state index in [1.54, 1.807) is 12.1 Å². The Kier molecular flexibility index (Phi) is 6.86. The molecule has 1 aromatic carbocycles. The summed E-state index contributed by atoms with van der Waals surface area (Å²) in [5.74, 6) is 1.08. The van der Waals surface area contributed by atoms with E-state index in [0.29, 0.717) is 35.8 Å². The van der Waals surface area contributed by atoms with Crippen molar-refractivity contribution in [2.75, 3.05) is 46.0 Å². The summed E-state index contributed by atoms with van der Waals surface area (Å²) in [7, 11) is 0. The van der Waals surface area contributed by atoms with E-state index in [0.717, 1.165) is 58.7 Å². The minimum atomic E-state index is -0.320. The molecule has 1 N–H and O–H groups in total. The normalized spacial score (nSPS) is 24.1. The van der Waals surface area contributed by atoms with Crippen molar-refractivity contribution in [3.63, 3.8) is 0 Å². The molecule has 2 aliphatic heterocycles. The number of hydrogen-bond acceptors (Lipinski definition) is 7. The number of aliphatic hydroxyl groups is 1. The van der Waals surface area contributed by atoms with Crippen LogP contribution in [0.2, 0.25) is 0 Å². The lowest BCUT2D eigenvalue weighted by molar-refractivity contribution is -0.0240. The second-order valence-electron chi connectivity index (χ2n) is 7.88. The van der Waals surface area contributed by atoms with Gasteiger partial charge in [0.15, 0.2) is 0 Å². The van der Waals surface area contributed by atoms with Crippen molar-refractivity contribution in [2.24, 2.45) is 5.92 Å². The van der Waals surface area contributed by atoms with Crippen molar-refractivity contribution < 1.29 is 18.7 Å². The van der Waals surface area contributed by atoms with Gasteiger partial charge in [-0.3, -0.25) is 9.80 Å². The maximum absolute atomic E-state index is 13.4. The number of nitrogens with zero attached hydrogens (tertiary/aromatic N) is 4. The number of aromatic nitrogens is 2. The first-order valence-electron chi connectivity index (χ1n) is 10.5. The molecular formula is C21H29FN4O3. The first-order chi connectivity index (χ1) is 14.2. The smallest absolute Gasteiger partial charge is 0.247 e. The number of ether oxygens (including phenoxy) is 1. The molecule has 4 rings (SSSR count). The van der Waals surface area contributed by atoms with Gasteiger partial charge >= 0.3 is 0 Å². The summed E-state index contributed by atoms with van der Waals surface area (Å²) in [5, 5.41) is 17.6. The van der Waals surface area contributed by atoms with Gasteiger partial charge in [0, 0.05) is 44.4 Å². The maximum atomic E-state index is 13.4. The quantitative estimate of drug-likeness (QED) is 0.758. The molecule has 1 aromatic heterocycles. The van der Waals surface area contributed by atoms with Crippen LogP contribution in [0.5, 0.6) is 0 Å². The van der Waals surface area contributed by atoms with Gasteiger partial charge in [-0.1, -0.05) is 6.07 Å². The summed E-state index contributed by atoms with van der Waals surface area (Å²) < 4.78 is 24.7. The van der Waals surface area contributed by atoms with Gasteiger partial charge < -0.3 is 14.3 Å². The van der Waals surface area contributed by atoms with Crippen LogP contribution in [-0.4, -0.2) is 77.1 Å². The molecule has 2 aliphatic rings. The van der Waals surface area contributed by atoms with E-state index < -0.39 is 0 Å². The molecular weight excluding hydrogens is 375 g/mol. The number of halogens is 1. The summed E-state index contributed by atoms with van der Waals surface area (Å²) >= 11 is 0. The number of aliphatic hydroxyl groups excluding tert-OH is 1. The van der Waals surface area contributed by atoms with Crippen LogP contribution < -0.4 is 0 Å². The van der Waals surface area contributed by atoms with Crippen molar-refractivity contribution in [2.45, 2.75) is 31.8 Å². The van der Waals surface area contributed by atoms with Crippen LogP contribution in [0.1, 0.15) is 25.2 Å². The second kappa shape index (κ2) is 9.75. The zero-order valence-electron chi connectivity index (χ0n) is 16.7. The molecule has 0 radical (unpaired) electrons. The molecule has 0 amide bonds. The van der Waals surface area contributed by atoms with Crippen molar-refractivity contribution in [1.82, 2.24) is 20.0 Å². The number of morpholine rings is 1. The Hall–Kier alpha value is -1.87. The van der Waals surface area contributed by atoms with E-state index in [1.807, 2.05) is 0 Å². The average Bonchev–Trinajstić information content (AvgIpc) is 3.21. The van der Waals surface area contributed by atoms with Crippen molar-refractivity contribution >= 4 is 0 Å². The summed E-state index contributed by atoms with van der Waals surface area (Å²) in [6, 6.07) is 6.73. The van der Waals surface area contributed by atoms with Gasteiger partial charge in [-0.2, -0.15) is 0 Å². The monoisotopic (exact) mass is 404 g/mol. The fourth-order valence-electron chi connectivity index (χ4n) is 4.51. The first-order valence-corrected chi connectivity index (χ1v) is 10.5. The maximum Gasteiger partial charge on any atom is 0.247 e. The van der Waals surface area contributed by atoms with Gasteiger partial charge in [0.05, 0.1) is 19.8 Å². The zero-order valence-corrected chi connectivity index (χ0v) is 16.7. The lowest BCUT2D eigenvalue weighted by atomic mass is 9.87. The molecule has 0 saturated carbocycles. The largest absolute Gasteiger partial charge is 0.419 e. The van der Waals surface area contributed by atoms with Crippen molar-refractivity contribution in [1.29, 1.82) is 0 Å². The number of rotatable bonds is 7. The van der Waals surface area contributed by atoms with Crippen molar-refractivity contribution in [3.8, 4) is 11.5 Å². The number of piperidine rings is 1. The topological polar surface area (TPSA) is 74.9 Å². The first kappa shape index (κ1) is 20.4. The van der Waals surface area contributed by atoms with Crippen molar-refractivity contribution in [3.05, 3.63) is 36.0 Å². The van der Waals surface area contributed by atoms with Gasteiger partial charge in [-0.05, 0) is 43.4 Å². The number of likely N-dealkylation sites (tertiary alicyclic amines) is 1. The molecule has 0 unspecified atom stereocenters. The molecule has 0 spiro atoms. The third kappa shape index (κ3) is 5.19. The Bertz CT molecular complexity index is 781. The Morgan fingerprint density at radius 2 is 2.03 bits per heavy atom. The Balaban J connectivity index is 1.39. The summed E-state index contributed by atoms with van der Waals surface area (Å²) in [6.07, 6.45) is 2.91. The molecule has 8 heteroatoms. The van der Waals surface area contributed by atoms with E-state index in [4.69, 9.17) is 9.15 Å². The van der Waals surface area contributed by atoms with E-state index >= 15 is 0 Å². The number of hydrogen-bond donors (Lipinski definition) is 1. The fraction of sp³-hybridized carbons (Fsp3) is 0.619. The Labute approximate surface area is 170 Å². The molecule has 2 saturated heterocycles.